The molecule has 2 rings (SSSR count). The van der Waals surface area contributed by atoms with Gasteiger partial charge in [0.15, 0.2) is 5.13 Å². The molecule has 1 aliphatic rings. The third-order valence-electron chi connectivity index (χ3n) is 3.34. The number of fused-ring (bicyclic) bond motifs is 1. The number of ether oxygens (including phenoxy) is 2. The summed E-state index contributed by atoms with van der Waals surface area (Å²) in [5.41, 5.74) is 1.16. The summed E-state index contributed by atoms with van der Waals surface area (Å²) < 4.78 is 10.2. The smallest absolute Gasteiger partial charge is 0.255 e. The fourth-order valence-electron chi connectivity index (χ4n) is 2.25. The number of anilines is 1. The highest BCUT2D eigenvalue weighted by molar-refractivity contribution is 7.16. The summed E-state index contributed by atoms with van der Waals surface area (Å²) in [4.78, 5) is 19.9. The van der Waals surface area contributed by atoms with E-state index in [4.69, 9.17) is 9.47 Å². The second-order valence-corrected chi connectivity index (χ2v) is 5.97. The number of rotatable bonds is 8. The molecule has 0 fully saturated rings. The lowest BCUT2D eigenvalue weighted by Crippen LogP contribution is -2.34. The van der Waals surface area contributed by atoms with E-state index in [1.165, 1.54) is 17.7 Å². The van der Waals surface area contributed by atoms with Gasteiger partial charge in [0.25, 0.3) is 5.91 Å². The van der Waals surface area contributed by atoms with Crippen LogP contribution in [0.2, 0.25) is 0 Å². The van der Waals surface area contributed by atoms with Crippen LogP contribution in [-0.2, 0) is 27.1 Å². The van der Waals surface area contributed by atoms with Crippen LogP contribution in [0.15, 0.2) is 12.7 Å². The Labute approximate surface area is 129 Å². The molecule has 0 spiro atoms. The Balaban J connectivity index is 2.01. The van der Waals surface area contributed by atoms with Crippen molar-refractivity contribution >= 4 is 22.4 Å². The van der Waals surface area contributed by atoms with Crippen molar-refractivity contribution in [2.75, 3.05) is 38.4 Å². The Morgan fingerprint density at radius 2 is 2.24 bits per heavy atom. The number of carbonyl (C=O) groups is 1. The van der Waals surface area contributed by atoms with Crippen molar-refractivity contribution in [3.05, 3.63) is 23.2 Å². The van der Waals surface area contributed by atoms with Crippen LogP contribution >= 0.6 is 11.3 Å². The maximum absolute atomic E-state index is 12.3. The van der Waals surface area contributed by atoms with E-state index in [9.17, 15) is 4.79 Å². The topological polar surface area (TPSA) is 51.7 Å². The van der Waals surface area contributed by atoms with E-state index >= 15 is 0 Å². The Bertz CT molecular complexity index is 464. The Kier molecular flexibility index (Phi) is 6.35. The molecular formula is C15H22N2O3S. The molecule has 0 bridgehead atoms. The fraction of sp³-hybridized carbons (Fsp3) is 0.600. The van der Waals surface area contributed by atoms with Crippen LogP contribution in [0.25, 0.3) is 0 Å². The van der Waals surface area contributed by atoms with Gasteiger partial charge in [0.2, 0.25) is 0 Å². The summed E-state index contributed by atoms with van der Waals surface area (Å²) in [6.45, 7) is 5.12. The SMILES string of the molecule is C=CCN(C(=O)COCCOC)c1nc2c(s1)CCCC2. The summed E-state index contributed by atoms with van der Waals surface area (Å²) in [6, 6.07) is 0. The van der Waals surface area contributed by atoms with E-state index in [-0.39, 0.29) is 12.5 Å². The maximum Gasteiger partial charge on any atom is 0.255 e. The lowest BCUT2D eigenvalue weighted by atomic mass is 10.0. The van der Waals surface area contributed by atoms with Crippen molar-refractivity contribution in [3.63, 3.8) is 0 Å². The van der Waals surface area contributed by atoms with Gasteiger partial charge in [0.05, 0.1) is 18.9 Å². The van der Waals surface area contributed by atoms with Crippen molar-refractivity contribution in [1.82, 2.24) is 4.98 Å². The first kappa shape index (κ1) is 16.1. The number of hydrogen-bond donors (Lipinski definition) is 0. The third kappa shape index (κ3) is 4.36. The standard InChI is InChI=1S/C15H22N2O3S/c1-3-8-17(14(18)11-20-10-9-19-2)15-16-12-6-4-5-7-13(12)21-15/h3H,1,4-11H2,2H3. The van der Waals surface area contributed by atoms with Gasteiger partial charge in [0.1, 0.15) is 6.61 Å². The first-order chi connectivity index (χ1) is 10.3. The number of hydrogen-bond acceptors (Lipinski definition) is 5. The molecule has 0 N–H and O–H groups in total. The summed E-state index contributed by atoms with van der Waals surface area (Å²) >= 11 is 1.62. The maximum atomic E-state index is 12.3. The van der Waals surface area contributed by atoms with Gasteiger partial charge < -0.3 is 9.47 Å². The van der Waals surface area contributed by atoms with E-state index in [2.05, 4.69) is 11.6 Å². The average Bonchev–Trinajstić information content (AvgIpc) is 2.92. The van der Waals surface area contributed by atoms with E-state index in [1.54, 1.807) is 29.4 Å². The number of aromatic nitrogens is 1. The number of thiazole rings is 1. The molecule has 116 valence electrons. The number of nitrogens with zero attached hydrogens (tertiary/aromatic N) is 2. The normalized spacial score (nSPS) is 13.8. The van der Waals surface area contributed by atoms with E-state index in [0.29, 0.717) is 19.8 Å². The molecule has 0 saturated carbocycles. The molecule has 6 heteroatoms. The van der Waals surface area contributed by atoms with E-state index in [0.717, 1.165) is 23.7 Å². The first-order valence-corrected chi connectivity index (χ1v) is 8.04. The second-order valence-electron chi connectivity index (χ2n) is 4.91. The number of aryl methyl sites for hydroxylation is 2. The van der Waals surface area contributed by atoms with Crippen molar-refractivity contribution in [2.45, 2.75) is 25.7 Å². The van der Waals surface area contributed by atoms with Gasteiger partial charge >= 0.3 is 0 Å². The molecule has 0 aromatic carbocycles. The monoisotopic (exact) mass is 310 g/mol. The minimum absolute atomic E-state index is 0.0431. The molecule has 0 aliphatic heterocycles. The predicted octanol–water partition coefficient (Wildman–Crippen LogP) is 2.20. The lowest BCUT2D eigenvalue weighted by Gasteiger charge is -2.17. The number of carbonyl (C=O) groups excluding carboxylic acids is 1. The van der Waals surface area contributed by atoms with Crippen LogP contribution in [0.3, 0.4) is 0 Å². The Morgan fingerprint density at radius 1 is 1.43 bits per heavy atom. The van der Waals surface area contributed by atoms with Gasteiger partial charge in [-0.1, -0.05) is 6.08 Å². The zero-order chi connectivity index (χ0) is 15.1. The molecular weight excluding hydrogens is 288 g/mol. The lowest BCUT2D eigenvalue weighted by molar-refractivity contribution is -0.123. The molecule has 1 aromatic heterocycles. The molecule has 0 saturated heterocycles. The predicted molar refractivity (Wildman–Crippen MR) is 84.0 cm³/mol. The van der Waals surface area contributed by atoms with Gasteiger partial charge in [-0.2, -0.15) is 0 Å². The summed E-state index contributed by atoms with van der Waals surface area (Å²) in [6.07, 6.45) is 6.21. The van der Waals surface area contributed by atoms with Crippen LogP contribution in [-0.4, -0.2) is 44.4 Å². The van der Waals surface area contributed by atoms with Crippen molar-refractivity contribution < 1.29 is 14.3 Å². The van der Waals surface area contributed by atoms with Crippen molar-refractivity contribution in [2.24, 2.45) is 0 Å². The molecule has 0 radical (unpaired) electrons. The second kappa shape index (κ2) is 8.26. The van der Waals surface area contributed by atoms with Crippen LogP contribution in [0.4, 0.5) is 5.13 Å². The molecule has 0 unspecified atom stereocenters. The molecule has 1 heterocycles. The highest BCUT2D eigenvalue weighted by Gasteiger charge is 2.22. The Hall–Kier alpha value is -1.24. The van der Waals surface area contributed by atoms with Crippen molar-refractivity contribution in [3.8, 4) is 0 Å². The van der Waals surface area contributed by atoms with Gasteiger partial charge in [-0.05, 0) is 25.7 Å². The average molecular weight is 310 g/mol. The summed E-state index contributed by atoms with van der Waals surface area (Å²) in [5, 5.41) is 0.766. The van der Waals surface area contributed by atoms with Gasteiger partial charge in [-0.3, -0.25) is 9.69 Å². The largest absolute Gasteiger partial charge is 0.382 e. The highest BCUT2D eigenvalue weighted by Crippen LogP contribution is 2.31. The molecule has 1 aliphatic carbocycles. The van der Waals surface area contributed by atoms with E-state index < -0.39 is 0 Å². The quantitative estimate of drug-likeness (QED) is 0.546. The molecule has 0 atom stereocenters. The number of amides is 1. The third-order valence-corrected chi connectivity index (χ3v) is 4.52. The zero-order valence-corrected chi connectivity index (χ0v) is 13.3. The Morgan fingerprint density at radius 3 is 2.95 bits per heavy atom. The first-order valence-electron chi connectivity index (χ1n) is 7.22. The van der Waals surface area contributed by atoms with Gasteiger partial charge in [-0.15, -0.1) is 17.9 Å². The highest BCUT2D eigenvalue weighted by atomic mass is 32.1. The minimum Gasteiger partial charge on any atom is -0.382 e. The fourth-order valence-corrected chi connectivity index (χ4v) is 3.42. The van der Waals surface area contributed by atoms with Gasteiger partial charge in [-0.25, -0.2) is 4.98 Å². The zero-order valence-electron chi connectivity index (χ0n) is 12.5. The summed E-state index contributed by atoms with van der Waals surface area (Å²) in [7, 11) is 1.61. The molecule has 1 amide bonds. The molecule has 21 heavy (non-hydrogen) atoms. The van der Waals surface area contributed by atoms with Crippen molar-refractivity contribution in [1.29, 1.82) is 0 Å². The van der Waals surface area contributed by atoms with Crippen LogP contribution in [0, 0.1) is 0 Å². The summed E-state index contributed by atoms with van der Waals surface area (Å²) in [5.74, 6) is -0.0860. The number of methoxy groups -OCH3 is 1. The molecule has 1 aromatic rings. The molecule has 5 nitrogen and oxygen atoms in total. The van der Waals surface area contributed by atoms with E-state index in [1.807, 2.05) is 0 Å². The van der Waals surface area contributed by atoms with Crippen LogP contribution in [0.1, 0.15) is 23.4 Å². The van der Waals surface area contributed by atoms with Crippen LogP contribution in [0.5, 0.6) is 0 Å². The van der Waals surface area contributed by atoms with Gasteiger partial charge in [0, 0.05) is 18.5 Å². The van der Waals surface area contributed by atoms with Crippen LogP contribution < -0.4 is 4.90 Å². The minimum atomic E-state index is -0.0860.